The van der Waals surface area contributed by atoms with Gasteiger partial charge in [-0.1, -0.05) is 0 Å². The number of hydrogen-bond acceptors (Lipinski definition) is 3. The van der Waals surface area contributed by atoms with Crippen LogP contribution in [0.15, 0.2) is 0 Å². The first kappa shape index (κ1) is 36.0. The third-order valence-corrected chi connectivity index (χ3v) is 2.72. The number of rotatable bonds is 6. The molecule has 3 nitrogen and oxygen atoms in total. The van der Waals surface area contributed by atoms with Crippen molar-refractivity contribution in [2.24, 2.45) is 0 Å². The minimum atomic E-state index is -1.73. The minimum Gasteiger partial charge on any atom is -1.00 e. The average molecular weight is 354 g/mol. The summed E-state index contributed by atoms with van der Waals surface area (Å²) in [6, 6.07) is 0. The zero-order valence-electron chi connectivity index (χ0n) is 8.94. The van der Waals surface area contributed by atoms with Crippen molar-refractivity contribution in [1.29, 1.82) is 0 Å². The summed E-state index contributed by atoms with van der Waals surface area (Å²) in [6.45, 7) is 7.86. The molecule has 0 bridgehead atoms. The van der Waals surface area contributed by atoms with Crippen molar-refractivity contribution in [3.05, 3.63) is 0 Å². The molecule has 0 saturated heterocycles. The quantitative estimate of drug-likeness (QED) is 0.444. The fourth-order valence-electron chi connectivity index (χ4n) is 0.553. The predicted molar refractivity (Wildman–Crippen MR) is 42.0 cm³/mol. The molecule has 9 heteroatoms. The van der Waals surface area contributed by atoms with E-state index in [1.165, 1.54) is 0 Å². The first-order valence-electron chi connectivity index (χ1n) is 3.69. The molecule has 0 aromatic heterocycles. The van der Waals surface area contributed by atoms with E-state index >= 15 is 0 Å². The Hall–Kier alpha value is 1.97. The molecule has 0 fully saturated rings. The Kier molecular flexibility index (Phi) is 71.3. The van der Waals surface area contributed by atoms with Gasteiger partial charge < -0.3 is 62.9 Å². The monoisotopic (exact) mass is 352 g/mol. The molecule has 0 spiro atoms. The Morgan fingerprint density at radius 2 is 0.867 bits per heavy atom. The molecule has 0 N–H and O–H groups in total. The number of halogens is 4. The molecule has 0 aromatic carbocycles. The molecular formula is C6H16Cl4O3SiTi. The van der Waals surface area contributed by atoms with Crippen LogP contribution in [0.5, 0.6) is 0 Å². The SMILES string of the molecule is CCO[SiH](OCC)OCC.[Cl-].[Cl-].[Cl-].[Cl-].[Ti+4]. The van der Waals surface area contributed by atoms with Crippen LogP contribution in [0.3, 0.4) is 0 Å². The van der Waals surface area contributed by atoms with E-state index in [1.807, 2.05) is 20.8 Å². The standard InChI is InChI=1S/C6H16O3Si.4ClH.Ti/c1-4-7-10(8-5-2)9-6-3;;;;;/h10H,4-6H2,1-3H3;4*1H;/q;;;;;+4/p-4. The second-order valence-corrected chi connectivity index (χ2v) is 3.23. The molecule has 0 aromatic rings. The van der Waals surface area contributed by atoms with Crippen LogP contribution >= 0.6 is 0 Å². The fourth-order valence-corrected chi connectivity index (χ4v) is 1.66. The Bertz CT molecular complexity index is 73.1. The van der Waals surface area contributed by atoms with Crippen LogP contribution in [-0.2, 0) is 35.0 Å². The van der Waals surface area contributed by atoms with Crippen molar-refractivity contribution in [2.75, 3.05) is 19.8 Å². The molecule has 0 saturated carbocycles. The van der Waals surface area contributed by atoms with Gasteiger partial charge in [0.15, 0.2) is 0 Å². The summed E-state index contributed by atoms with van der Waals surface area (Å²) in [5, 5.41) is 0. The molecular weight excluding hydrogens is 338 g/mol. The van der Waals surface area contributed by atoms with Gasteiger partial charge in [-0.05, 0) is 20.8 Å². The third kappa shape index (κ3) is 25.9. The first-order chi connectivity index (χ1) is 4.85. The second kappa shape index (κ2) is 29.7. The second-order valence-electron chi connectivity index (χ2n) is 1.65. The molecule has 0 amide bonds. The Labute approximate surface area is 134 Å². The average Bonchev–Trinajstić information content (AvgIpc) is 1.90. The van der Waals surface area contributed by atoms with Gasteiger partial charge in [-0.3, -0.25) is 0 Å². The maximum atomic E-state index is 5.22. The molecule has 0 aliphatic rings. The predicted octanol–water partition coefficient (Wildman–Crippen LogP) is -11.2. The van der Waals surface area contributed by atoms with Crippen LogP contribution in [0.2, 0.25) is 0 Å². The van der Waals surface area contributed by atoms with Gasteiger partial charge in [-0.25, -0.2) is 0 Å². The van der Waals surface area contributed by atoms with Crippen molar-refractivity contribution in [1.82, 2.24) is 0 Å². The Balaban J connectivity index is -0.0000000405. The van der Waals surface area contributed by atoms with Crippen molar-refractivity contribution in [2.45, 2.75) is 20.8 Å². The van der Waals surface area contributed by atoms with Gasteiger partial charge in [-0.15, -0.1) is 0 Å². The van der Waals surface area contributed by atoms with E-state index < -0.39 is 9.53 Å². The normalized spacial score (nSPS) is 7.20. The Morgan fingerprint density at radius 1 is 0.667 bits per heavy atom. The topological polar surface area (TPSA) is 27.7 Å². The summed E-state index contributed by atoms with van der Waals surface area (Å²) in [5.74, 6) is 0. The van der Waals surface area contributed by atoms with Crippen molar-refractivity contribution >= 4 is 9.53 Å². The molecule has 0 radical (unpaired) electrons. The van der Waals surface area contributed by atoms with Crippen molar-refractivity contribution in [3.8, 4) is 0 Å². The van der Waals surface area contributed by atoms with E-state index in [2.05, 4.69) is 0 Å². The van der Waals surface area contributed by atoms with E-state index in [4.69, 9.17) is 13.3 Å². The maximum absolute atomic E-state index is 5.22. The molecule has 0 aliphatic carbocycles. The van der Waals surface area contributed by atoms with Gasteiger partial charge in [0.25, 0.3) is 0 Å². The van der Waals surface area contributed by atoms with Gasteiger partial charge in [-0.2, -0.15) is 0 Å². The summed E-state index contributed by atoms with van der Waals surface area (Å²) >= 11 is 0. The van der Waals surface area contributed by atoms with Gasteiger partial charge in [0, 0.05) is 19.8 Å². The largest absolute Gasteiger partial charge is 4.00 e. The van der Waals surface area contributed by atoms with Gasteiger partial charge >= 0.3 is 31.2 Å². The van der Waals surface area contributed by atoms with Gasteiger partial charge in [0.1, 0.15) is 0 Å². The fraction of sp³-hybridized carbons (Fsp3) is 1.00. The molecule has 15 heavy (non-hydrogen) atoms. The van der Waals surface area contributed by atoms with Crippen LogP contribution in [0, 0.1) is 0 Å². The maximum Gasteiger partial charge on any atom is 4.00 e. The van der Waals surface area contributed by atoms with E-state index in [-0.39, 0.29) is 71.3 Å². The molecule has 94 valence electrons. The van der Waals surface area contributed by atoms with E-state index in [9.17, 15) is 0 Å². The van der Waals surface area contributed by atoms with Crippen LogP contribution in [-0.4, -0.2) is 29.3 Å². The van der Waals surface area contributed by atoms with Crippen molar-refractivity contribution < 1.29 is 84.6 Å². The van der Waals surface area contributed by atoms with Gasteiger partial charge in [0.05, 0.1) is 0 Å². The van der Waals surface area contributed by atoms with Crippen LogP contribution < -0.4 is 49.6 Å². The van der Waals surface area contributed by atoms with E-state index in [0.29, 0.717) is 19.8 Å². The Morgan fingerprint density at radius 3 is 1.00 bits per heavy atom. The summed E-state index contributed by atoms with van der Waals surface area (Å²) in [5.41, 5.74) is 0. The first-order valence-corrected chi connectivity index (χ1v) is 5.11. The van der Waals surface area contributed by atoms with Crippen LogP contribution in [0.25, 0.3) is 0 Å². The smallest absolute Gasteiger partial charge is 1.00 e. The van der Waals surface area contributed by atoms with E-state index in [0.717, 1.165) is 0 Å². The molecule has 0 heterocycles. The summed E-state index contributed by atoms with van der Waals surface area (Å²) in [6.07, 6.45) is 0. The van der Waals surface area contributed by atoms with Crippen LogP contribution in [0.1, 0.15) is 20.8 Å². The number of hydrogen-bond donors (Lipinski definition) is 0. The van der Waals surface area contributed by atoms with Crippen molar-refractivity contribution in [3.63, 3.8) is 0 Å². The van der Waals surface area contributed by atoms with Gasteiger partial charge in [0.2, 0.25) is 0 Å². The molecule has 0 aliphatic heterocycles. The summed E-state index contributed by atoms with van der Waals surface area (Å²) in [7, 11) is -1.73. The summed E-state index contributed by atoms with van der Waals surface area (Å²) in [4.78, 5) is 0. The molecule has 0 atom stereocenters. The molecule has 0 unspecified atom stereocenters. The minimum absolute atomic E-state index is 0. The third-order valence-electron chi connectivity index (χ3n) is 0.908. The summed E-state index contributed by atoms with van der Waals surface area (Å²) < 4.78 is 15.7. The van der Waals surface area contributed by atoms with Crippen LogP contribution in [0.4, 0.5) is 0 Å². The molecule has 0 rings (SSSR count). The zero-order chi connectivity index (χ0) is 7.82. The zero-order valence-corrected chi connectivity index (χ0v) is 14.7. The van der Waals surface area contributed by atoms with E-state index in [1.54, 1.807) is 0 Å².